The predicted octanol–water partition coefficient (Wildman–Crippen LogP) is 2.35. The van der Waals surface area contributed by atoms with E-state index in [0.717, 1.165) is 0 Å². The van der Waals surface area contributed by atoms with Gasteiger partial charge < -0.3 is 15.8 Å². The first-order valence-electron chi connectivity index (χ1n) is 5.77. The van der Waals surface area contributed by atoms with Crippen LogP contribution in [-0.4, -0.2) is 18.2 Å². The Bertz CT molecular complexity index is 416. The molecule has 0 fully saturated rings. The standard InChI is InChI=1S/C13H19FN2O2/c1-13(2,3)18-12(17)16-11(8-15)9-5-4-6-10(14)7-9/h4-7,11H,8,15H2,1-3H3,(H,16,17). The van der Waals surface area contributed by atoms with Gasteiger partial charge in [-0.05, 0) is 38.5 Å². The minimum Gasteiger partial charge on any atom is -0.444 e. The molecule has 0 saturated heterocycles. The lowest BCUT2D eigenvalue weighted by atomic mass is 10.1. The number of halogens is 1. The second kappa shape index (κ2) is 5.82. The van der Waals surface area contributed by atoms with E-state index in [4.69, 9.17) is 10.5 Å². The topological polar surface area (TPSA) is 64.3 Å². The van der Waals surface area contributed by atoms with Crippen LogP contribution in [0.3, 0.4) is 0 Å². The normalized spacial score (nSPS) is 12.9. The molecule has 0 bridgehead atoms. The van der Waals surface area contributed by atoms with E-state index in [2.05, 4.69) is 5.32 Å². The van der Waals surface area contributed by atoms with E-state index in [-0.39, 0.29) is 12.4 Å². The molecule has 4 nitrogen and oxygen atoms in total. The van der Waals surface area contributed by atoms with Gasteiger partial charge in [0.25, 0.3) is 0 Å². The van der Waals surface area contributed by atoms with Gasteiger partial charge in [0.15, 0.2) is 0 Å². The smallest absolute Gasteiger partial charge is 0.408 e. The zero-order chi connectivity index (χ0) is 13.8. The third-order valence-corrected chi connectivity index (χ3v) is 2.18. The minimum atomic E-state index is -0.578. The van der Waals surface area contributed by atoms with Crippen LogP contribution >= 0.6 is 0 Å². The molecule has 1 amide bonds. The van der Waals surface area contributed by atoms with Gasteiger partial charge in [-0.3, -0.25) is 0 Å². The quantitative estimate of drug-likeness (QED) is 0.870. The maximum Gasteiger partial charge on any atom is 0.408 e. The summed E-state index contributed by atoms with van der Waals surface area (Å²) in [5.74, 6) is -0.364. The van der Waals surface area contributed by atoms with Gasteiger partial charge in [-0.25, -0.2) is 9.18 Å². The number of benzene rings is 1. The Kier molecular flexibility index (Phi) is 4.67. The zero-order valence-corrected chi connectivity index (χ0v) is 10.9. The molecule has 18 heavy (non-hydrogen) atoms. The van der Waals surface area contributed by atoms with Gasteiger partial charge in [0.2, 0.25) is 0 Å². The monoisotopic (exact) mass is 254 g/mol. The van der Waals surface area contributed by atoms with Crippen LogP contribution in [0.5, 0.6) is 0 Å². The molecule has 0 heterocycles. The van der Waals surface area contributed by atoms with Crippen LogP contribution in [0.1, 0.15) is 32.4 Å². The Hall–Kier alpha value is -1.62. The van der Waals surface area contributed by atoms with Crippen LogP contribution in [0.2, 0.25) is 0 Å². The lowest BCUT2D eigenvalue weighted by Crippen LogP contribution is -2.37. The second-order valence-corrected chi connectivity index (χ2v) is 4.99. The van der Waals surface area contributed by atoms with Crippen molar-refractivity contribution in [1.29, 1.82) is 0 Å². The van der Waals surface area contributed by atoms with Crippen molar-refractivity contribution in [3.05, 3.63) is 35.6 Å². The van der Waals surface area contributed by atoms with Crippen molar-refractivity contribution in [2.24, 2.45) is 5.73 Å². The average molecular weight is 254 g/mol. The van der Waals surface area contributed by atoms with Gasteiger partial charge in [-0.2, -0.15) is 0 Å². The lowest BCUT2D eigenvalue weighted by Gasteiger charge is -2.23. The first-order valence-corrected chi connectivity index (χ1v) is 5.77. The summed E-state index contributed by atoms with van der Waals surface area (Å²) >= 11 is 0. The van der Waals surface area contributed by atoms with Crippen LogP contribution in [0, 0.1) is 5.82 Å². The van der Waals surface area contributed by atoms with Crippen LogP contribution < -0.4 is 11.1 Å². The molecule has 0 spiro atoms. The van der Waals surface area contributed by atoms with E-state index in [1.807, 2.05) is 0 Å². The fourth-order valence-corrected chi connectivity index (χ4v) is 1.45. The summed E-state index contributed by atoms with van der Waals surface area (Å²) in [6.45, 7) is 5.48. The molecule has 0 saturated carbocycles. The number of carbonyl (C=O) groups is 1. The van der Waals surface area contributed by atoms with Crippen molar-refractivity contribution in [2.75, 3.05) is 6.54 Å². The van der Waals surface area contributed by atoms with E-state index >= 15 is 0 Å². The van der Waals surface area contributed by atoms with Gasteiger partial charge in [0.05, 0.1) is 6.04 Å². The zero-order valence-electron chi connectivity index (χ0n) is 10.9. The van der Waals surface area contributed by atoms with Crippen molar-refractivity contribution >= 4 is 6.09 Å². The summed E-state index contributed by atoms with van der Waals surface area (Å²) in [7, 11) is 0. The van der Waals surface area contributed by atoms with Gasteiger partial charge in [-0.1, -0.05) is 12.1 Å². The Balaban J connectivity index is 2.71. The highest BCUT2D eigenvalue weighted by molar-refractivity contribution is 5.68. The highest BCUT2D eigenvalue weighted by Crippen LogP contribution is 2.14. The molecule has 0 aliphatic heterocycles. The largest absolute Gasteiger partial charge is 0.444 e. The Morgan fingerprint density at radius 2 is 2.17 bits per heavy atom. The number of carbonyl (C=O) groups excluding carboxylic acids is 1. The number of ether oxygens (including phenoxy) is 1. The van der Waals surface area contributed by atoms with Crippen LogP contribution in [0.4, 0.5) is 9.18 Å². The van der Waals surface area contributed by atoms with Gasteiger partial charge in [0, 0.05) is 6.54 Å². The molecular formula is C13H19FN2O2. The molecule has 1 aromatic rings. The van der Waals surface area contributed by atoms with E-state index in [0.29, 0.717) is 5.56 Å². The molecule has 0 aliphatic carbocycles. The van der Waals surface area contributed by atoms with Crippen molar-refractivity contribution in [3.63, 3.8) is 0 Å². The molecule has 5 heteroatoms. The first kappa shape index (κ1) is 14.4. The van der Waals surface area contributed by atoms with E-state index in [1.165, 1.54) is 12.1 Å². The average Bonchev–Trinajstić information content (AvgIpc) is 2.23. The molecule has 100 valence electrons. The lowest BCUT2D eigenvalue weighted by molar-refractivity contribution is 0.0505. The van der Waals surface area contributed by atoms with E-state index in [1.54, 1.807) is 32.9 Å². The number of amides is 1. The minimum absolute atomic E-state index is 0.169. The second-order valence-electron chi connectivity index (χ2n) is 4.99. The van der Waals surface area contributed by atoms with E-state index in [9.17, 15) is 9.18 Å². The summed E-state index contributed by atoms with van der Waals surface area (Å²) < 4.78 is 18.2. The Morgan fingerprint density at radius 1 is 1.50 bits per heavy atom. The number of nitrogens with two attached hydrogens (primary N) is 1. The molecule has 1 unspecified atom stereocenters. The fourth-order valence-electron chi connectivity index (χ4n) is 1.45. The molecule has 1 rings (SSSR count). The van der Waals surface area contributed by atoms with Crippen LogP contribution in [0.15, 0.2) is 24.3 Å². The molecular weight excluding hydrogens is 235 g/mol. The van der Waals surface area contributed by atoms with Crippen molar-refractivity contribution < 1.29 is 13.9 Å². The Labute approximate surface area is 106 Å². The van der Waals surface area contributed by atoms with Gasteiger partial charge >= 0.3 is 6.09 Å². The van der Waals surface area contributed by atoms with Crippen molar-refractivity contribution in [1.82, 2.24) is 5.32 Å². The highest BCUT2D eigenvalue weighted by atomic mass is 19.1. The summed E-state index contributed by atoms with van der Waals surface area (Å²) in [6, 6.07) is 5.50. The molecule has 0 aliphatic rings. The molecule has 1 aromatic carbocycles. The first-order chi connectivity index (χ1) is 8.31. The predicted molar refractivity (Wildman–Crippen MR) is 67.6 cm³/mol. The van der Waals surface area contributed by atoms with Crippen molar-refractivity contribution in [3.8, 4) is 0 Å². The Morgan fingerprint density at radius 3 is 2.67 bits per heavy atom. The van der Waals surface area contributed by atoms with Gasteiger partial charge in [-0.15, -0.1) is 0 Å². The molecule has 1 atom stereocenters. The maximum absolute atomic E-state index is 13.1. The number of nitrogens with one attached hydrogen (secondary N) is 1. The maximum atomic E-state index is 13.1. The van der Waals surface area contributed by atoms with Crippen molar-refractivity contribution in [2.45, 2.75) is 32.4 Å². The number of hydrogen-bond acceptors (Lipinski definition) is 3. The summed E-state index contributed by atoms with van der Waals surface area (Å²) in [4.78, 5) is 11.6. The summed E-state index contributed by atoms with van der Waals surface area (Å²) in [6.07, 6.45) is -0.567. The number of alkyl carbamates (subject to hydrolysis) is 1. The SMILES string of the molecule is CC(C)(C)OC(=O)NC(CN)c1cccc(F)c1. The molecule has 3 N–H and O–H groups in total. The van der Waals surface area contributed by atoms with Gasteiger partial charge in [0.1, 0.15) is 11.4 Å². The molecule has 0 radical (unpaired) electrons. The number of hydrogen-bond donors (Lipinski definition) is 2. The number of rotatable bonds is 3. The third-order valence-electron chi connectivity index (χ3n) is 2.18. The van der Waals surface area contributed by atoms with E-state index < -0.39 is 17.7 Å². The molecule has 0 aromatic heterocycles. The third kappa shape index (κ3) is 4.71. The van der Waals surface area contributed by atoms with Crippen LogP contribution in [-0.2, 0) is 4.74 Å². The summed E-state index contributed by atoms with van der Waals surface area (Å²) in [5.41, 5.74) is 5.61. The highest BCUT2D eigenvalue weighted by Gasteiger charge is 2.19. The fraction of sp³-hybridized carbons (Fsp3) is 0.462. The van der Waals surface area contributed by atoms with Crippen LogP contribution in [0.25, 0.3) is 0 Å². The summed E-state index contributed by atoms with van der Waals surface area (Å²) in [5, 5.41) is 2.61.